The van der Waals surface area contributed by atoms with Gasteiger partial charge in [-0.05, 0) is 36.1 Å². The number of rotatable bonds is 9. The molecule has 0 aliphatic rings. The fourth-order valence-corrected chi connectivity index (χ4v) is 3.39. The van der Waals surface area contributed by atoms with E-state index in [0.717, 1.165) is 10.4 Å². The van der Waals surface area contributed by atoms with Crippen LogP contribution in [0.1, 0.15) is 17.4 Å². The van der Waals surface area contributed by atoms with E-state index in [4.69, 9.17) is 11.6 Å². The molecule has 4 nitrogen and oxygen atoms in total. The lowest BCUT2D eigenvalue weighted by atomic mass is 10.2. The van der Waals surface area contributed by atoms with Crippen molar-refractivity contribution in [1.29, 1.82) is 0 Å². The molecule has 0 aliphatic carbocycles. The van der Waals surface area contributed by atoms with Gasteiger partial charge in [0.15, 0.2) is 0 Å². The maximum Gasteiger partial charge on any atom is 0.242 e. The standard InChI is InChI=1S/C20H22ClFN2O2S/c1-3-10-23(20(26)15(2)21)14-19(25)24(13-18-5-4-11-27-18)12-16-6-8-17(22)9-7-16/h3-9,11,15H,1,10,12-14H2,2H3. The molecule has 0 fully saturated rings. The summed E-state index contributed by atoms with van der Waals surface area (Å²) in [5.41, 5.74) is 0.814. The van der Waals surface area contributed by atoms with E-state index in [2.05, 4.69) is 6.58 Å². The summed E-state index contributed by atoms with van der Waals surface area (Å²) in [7, 11) is 0. The minimum atomic E-state index is -0.722. The average molecular weight is 409 g/mol. The minimum absolute atomic E-state index is 0.0888. The Bertz CT molecular complexity index is 763. The van der Waals surface area contributed by atoms with Gasteiger partial charge in [0.25, 0.3) is 0 Å². The van der Waals surface area contributed by atoms with Crippen molar-refractivity contribution in [3.05, 3.63) is 70.7 Å². The van der Waals surface area contributed by atoms with Crippen LogP contribution in [0, 0.1) is 5.82 Å². The van der Waals surface area contributed by atoms with Gasteiger partial charge in [-0.1, -0.05) is 24.3 Å². The summed E-state index contributed by atoms with van der Waals surface area (Å²) in [6, 6.07) is 9.90. The third kappa shape index (κ3) is 6.48. The van der Waals surface area contributed by atoms with Crippen LogP contribution in [0.4, 0.5) is 4.39 Å². The first-order valence-corrected chi connectivity index (χ1v) is 9.80. The van der Waals surface area contributed by atoms with E-state index in [9.17, 15) is 14.0 Å². The van der Waals surface area contributed by atoms with Crippen LogP contribution in [0.2, 0.25) is 0 Å². The van der Waals surface area contributed by atoms with Crippen LogP contribution in [0.15, 0.2) is 54.4 Å². The second-order valence-corrected chi connectivity index (χ2v) is 7.77. The molecule has 144 valence electrons. The maximum atomic E-state index is 13.2. The van der Waals surface area contributed by atoms with Crippen LogP contribution < -0.4 is 0 Å². The van der Waals surface area contributed by atoms with Crippen molar-refractivity contribution in [2.24, 2.45) is 0 Å². The van der Waals surface area contributed by atoms with Gasteiger partial charge in [0.1, 0.15) is 17.7 Å². The molecule has 0 bridgehead atoms. The van der Waals surface area contributed by atoms with E-state index in [1.54, 1.807) is 41.4 Å². The highest BCUT2D eigenvalue weighted by atomic mass is 35.5. The normalized spacial score (nSPS) is 11.7. The second kappa shape index (κ2) is 10.2. The Labute approximate surface area is 167 Å². The lowest BCUT2D eigenvalue weighted by molar-refractivity contribution is -0.140. The number of nitrogens with zero attached hydrogens (tertiary/aromatic N) is 2. The summed E-state index contributed by atoms with van der Waals surface area (Å²) in [5.74, 6) is -0.850. The zero-order chi connectivity index (χ0) is 19.8. The number of halogens is 2. The number of benzene rings is 1. The predicted molar refractivity (Wildman–Crippen MR) is 107 cm³/mol. The summed E-state index contributed by atoms with van der Waals surface area (Å²) in [6.45, 7) is 6.10. The monoisotopic (exact) mass is 408 g/mol. The van der Waals surface area contributed by atoms with Crippen LogP contribution in [-0.4, -0.2) is 40.1 Å². The molecule has 2 rings (SSSR count). The average Bonchev–Trinajstić information content (AvgIpc) is 3.15. The molecule has 0 spiro atoms. The van der Waals surface area contributed by atoms with Crippen molar-refractivity contribution in [1.82, 2.24) is 9.80 Å². The van der Waals surface area contributed by atoms with Gasteiger partial charge in [0.2, 0.25) is 11.8 Å². The van der Waals surface area contributed by atoms with E-state index in [-0.39, 0.29) is 30.7 Å². The Kier molecular flexibility index (Phi) is 8.00. The SMILES string of the molecule is C=CCN(CC(=O)N(Cc1ccc(F)cc1)Cc1cccs1)C(=O)C(C)Cl. The van der Waals surface area contributed by atoms with E-state index >= 15 is 0 Å². The molecule has 1 aromatic carbocycles. The van der Waals surface area contributed by atoms with Crippen LogP contribution in [0.25, 0.3) is 0 Å². The first kappa shape index (κ1) is 21.1. The van der Waals surface area contributed by atoms with Gasteiger partial charge >= 0.3 is 0 Å². The lowest BCUT2D eigenvalue weighted by Gasteiger charge is -2.27. The first-order chi connectivity index (χ1) is 12.9. The molecule has 0 aliphatic heterocycles. The van der Waals surface area contributed by atoms with Crippen LogP contribution >= 0.6 is 22.9 Å². The molecule has 0 N–H and O–H groups in total. The number of hydrogen-bond donors (Lipinski definition) is 0. The molecule has 0 saturated carbocycles. The smallest absolute Gasteiger partial charge is 0.242 e. The molecule has 2 aromatic rings. The lowest BCUT2D eigenvalue weighted by Crippen LogP contribution is -2.44. The largest absolute Gasteiger partial charge is 0.332 e. The van der Waals surface area contributed by atoms with E-state index in [1.807, 2.05) is 17.5 Å². The summed E-state index contributed by atoms with van der Waals surface area (Å²) >= 11 is 7.45. The molecule has 0 saturated heterocycles. The minimum Gasteiger partial charge on any atom is -0.332 e. The Morgan fingerprint density at radius 3 is 2.48 bits per heavy atom. The predicted octanol–water partition coefficient (Wildman–Crippen LogP) is 4.06. The van der Waals surface area contributed by atoms with Crippen molar-refractivity contribution in [2.45, 2.75) is 25.4 Å². The van der Waals surface area contributed by atoms with Crippen LogP contribution in [0.5, 0.6) is 0 Å². The third-order valence-corrected chi connectivity index (χ3v) is 4.94. The number of hydrogen-bond acceptors (Lipinski definition) is 3. The van der Waals surface area contributed by atoms with Gasteiger partial charge in [-0.3, -0.25) is 9.59 Å². The second-order valence-electron chi connectivity index (χ2n) is 6.08. The van der Waals surface area contributed by atoms with E-state index in [1.165, 1.54) is 17.0 Å². The fraction of sp³-hybridized carbons (Fsp3) is 0.300. The number of alkyl halides is 1. The number of amides is 2. The highest BCUT2D eigenvalue weighted by molar-refractivity contribution is 7.09. The van der Waals surface area contributed by atoms with Crippen LogP contribution in [0.3, 0.4) is 0 Å². The van der Waals surface area contributed by atoms with Gasteiger partial charge in [0.05, 0.1) is 6.54 Å². The quantitative estimate of drug-likeness (QED) is 0.463. The summed E-state index contributed by atoms with van der Waals surface area (Å²) in [4.78, 5) is 29.2. The van der Waals surface area contributed by atoms with Crippen molar-refractivity contribution in [2.75, 3.05) is 13.1 Å². The Hall–Kier alpha value is -2.18. The summed E-state index contributed by atoms with van der Waals surface area (Å²) in [6.07, 6.45) is 1.56. The van der Waals surface area contributed by atoms with E-state index < -0.39 is 5.38 Å². The van der Waals surface area contributed by atoms with Gasteiger partial charge in [-0.15, -0.1) is 29.5 Å². The third-order valence-electron chi connectivity index (χ3n) is 3.89. The summed E-state index contributed by atoms with van der Waals surface area (Å²) in [5, 5.41) is 1.22. The Morgan fingerprint density at radius 2 is 1.93 bits per heavy atom. The fourth-order valence-electron chi connectivity index (χ4n) is 2.54. The van der Waals surface area contributed by atoms with Crippen molar-refractivity contribution in [3.63, 3.8) is 0 Å². The topological polar surface area (TPSA) is 40.6 Å². The highest BCUT2D eigenvalue weighted by Gasteiger charge is 2.23. The zero-order valence-corrected chi connectivity index (χ0v) is 16.7. The van der Waals surface area contributed by atoms with Crippen molar-refractivity contribution < 1.29 is 14.0 Å². The van der Waals surface area contributed by atoms with Gasteiger partial charge in [-0.2, -0.15) is 0 Å². The van der Waals surface area contributed by atoms with Crippen molar-refractivity contribution in [3.8, 4) is 0 Å². The summed E-state index contributed by atoms with van der Waals surface area (Å²) < 4.78 is 13.2. The molecular weight excluding hydrogens is 387 g/mol. The maximum absolute atomic E-state index is 13.2. The molecule has 1 unspecified atom stereocenters. The number of carbonyl (C=O) groups excluding carboxylic acids is 2. The molecule has 1 heterocycles. The molecule has 27 heavy (non-hydrogen) atoms. The van der Waals surface area contributed by atoms with E-state index in [0.29, 0.717) is 13.1 Å². The van der Waals surface area contributed by atoms with Gasteiger partial charge < -0.3 is 9.80 Å². The zero-order valence-electron chi connectivity index (χ0n) is 15.1. The molecule has 2 amide bonds. The van der Waals surface area contributed by atoms with Crippen molar-refractivity contribution >= 4 is 34.8 Å². The van der Waals surface area contributed by atoms with Gasteiger partial charge in [0, 0.05) is 18.0 Å². The Balaban J connectivity index is 2.17. The highest BCUT2D eigenvalue weighted by Crippen LogP contribution is 2.16. The molecule has 0 radical (unpaired) electrons. The van der Waals surface area contributed by atoms with Crippen LogP contribution in [-0.2, 0) is 22.7 Å². The number of thiophene rings is 1. The molecule has 1 atom stereocenters. The molecular formula is C20H22ClFN2O2S. The van der Waals surface area contributed by atoms with Gasteiger partial charge in [-0.25, -0.2) is 4.39 Å². The number of carbonyl (C=O) groups is 2. The Morgan fingerprint density at radius 1 is 1.22 bits per heavy atom. The molecule has 1 aromatic heterocycles. The molecule has 7 heteroatoms. The first-order valence-electron chi connectivity index (χ1n) is 8.49.